The summed E-state index contributed by atoms with van der Waals surface area (Å²) in [7, 11) is 2.01. The van der Waals surface area contributed by atoms with Crippen LogP contribution >= 0.6 is 48.0 Å². The van der Waals surface area contributed by atoms with Crippen LogP contribution in [0.5, 0.6) is 0 Å². The molecule has 2 heterocycles. The molecule has 0 bridgehead atoms. The lowest BCUT2D eigenvalue weighted by atomic mass is 10.4. The van der Waals surface area contributed by atoms with Gasteiger partial charge in [-0.15, -0.1) is 58.2 Å². The molecule has 15 heavy (non-hydrogen) atoms. The molecule has 0 saturated carbocycles. The average Bonchev–Trinajstić information content (AvgIpc) is 2.49. The van der Waals surface area contributed by atoms with Crippen molar-refractivity contribution in [3.63, 3.8) is 0 Å². The predicted octanol–water partition coefficient (Wildman–Crippen LogP) is 0.769. The lowest BCUT2D eigenvalue weighted by Gasteiger charge is -2.27. The van der Waals surface area contributed by atoms with Crippen molar-refractivity contribution in [1.29, 1.82) is 0 Å². The van der Waals surface area contributed by atoms with Gasteiger partial charge in [-0.2, -0.15) is 0 Å². The van der Waals surface area contributed by atoms with Crippen LogP contribution in [0.3, 0.4) is 0 Å². The number of hydrogen-bond acceptors (Lipinski definition) is 4. The molecule has 1 fully saturated rings. The van der Waals surface area contributed by atoms with E-state index in [1.807, 2.05) is 18.5 Å². The van der Waals surface area contributed by atoms with E-state index in [1.165, 1.54) is 0 Å². The van der Waals surface area contributed by atoms with Crippen LogP contribution in [0.25, 0.3) is 0 Å². The van der Waals surface area contributed by atoms with E-state index in [2.05, 4.69) is 20.4 Å². The summed E-state index contributed by atoms with van der Waals surface area (Å²) in [6.07, 6.45) is 0. The maximum absolute atomic E-state index is 4.15. The van der Waals surface area contributed by atoms with Crippen molar-refractivity contribution in [3.8, 4) is 0 Å². The molecule has 0 aliphatic carbocycles. The maximum atomic E-state index is 4.15. The predicted molar refractivity (Wildman–Crippen MR) is 81.7 cm³/mol. The van der Waals surface area contributed by atoms with Crippen molar-refractivity contribution in [2.24, 2.45) is 7.05 Å². The molecule has 7 heteroatoms. The Balaban J connectivity index is 0.000000980. The molecule has 1 aromatic rings. The SMILES string of the molecule is Cc1nnc(N2CCNCC2)n1C.I.I. The number of nitrogens with zero attached hydrogens (tertiary/aromatic N) is 4. The Morgan fingerprint density at radius 3 is 2.20 bits per heavy atom. The topological polar surface area (TPSA) is 46.0 Å². The Morgan fingerprint density at radius 2 is 1.73 bits per heavy atom. The Kier molecular flexibility index (Phi) is 7.00. The summed E-state index contributed by atoms with van der Waals surface area (Å²) in [6.45, 7) is 6.08. The fourth-order valence-corrected chi connectivity index (χ4v) is 1.54. The molecule has 0 atom stereocenters. The van der Waals surface area contributed by atoms with E-state index in [9.17, 15) is 0 Å². The zero-order valence-corrected chi connectivity index (χ0v) is 13.6. The Morgan fingerprint density at radius 1 is 1.13 bits per heavy atom. The van der Waals surface area contributed by atoms with Crippen LogP contribution in [-0.4, -0.2) is 40.9 Å². The molecule has 1 aromatic heterocycles. The molecule has 0 unspecified atom stereocenters. The molecule has 5 nitrogen and oxygen atoms in total. The highest BCUT2D eigenvalue weighted by atomic mass is 127. The van der Waals surface area contributed by atoms with E-state index < -0.39 is 0 Å². The molecule has 1 saturated heterocycles. The van der Waals surface area contributed by atoms with Crippen molar-refractivity contribution in [2.75, 3.05) is 31.1 Å². The average molecular weight is 437 g/mol. The van der Waals surface area contributed by atoms with Crippen molar-refractivity contribution in [3.05, 3.63) is 5.82 Å². The molecular formula is C8H17I2N5. The Bertz CT molecular complexity index is 295. The van der Waals surface area contributed by atoms with Gasteiger partial charge in [0.15, 0.2) is 0 Å². The molecule has 0 aromatic carbocycles. The molecular weight excluding hydrogens is 420 g/mol. The number of piperazine rings is 1. The van der Waals surface area contributed by atoms with E-state index in [-0.39, 0.29) is 48.0 Å². The summed E-state index contributed by atoms with van der Waals surface area (Å²) in [4.78, 5) is 2.26. The van der Waals surface area contributed by atoms with E-state index in [0.29, 0.717) is 0 Å². The van der Waals surface area contributed by atoms with Crippen LogP contribution in [0.15, 0.2) is 0 Å². The summed E-state index contributed by atoms with van der Waals surface area (Å²) in [5.41, 5.74) is 0. The van der Waals surface area contributed by atoms with Crippen LogP contribution in [0.4, 0.5) is 5.95 Å². The molecule has 88 valence electrons. The summed E-state index contributed by atoms with van der Waals surface area (Å²) in [5, 5.41) is 11.5. The van der Waals surface area contributed by atoms with Crippen LogP contribution in [0, 0.1) is 6.92 Å². The normalized spacial score (nSPS) is 15.5. The highest BCUT2D eigenvalue weighted by molar-refractivity contribution is 14.0. The third-order valence-electron chi connectivity index (χ3n) is 2.47. The third-order valence-corrected chi connectivity index (χ3v) is 2.47. The summed E-state index contributed by atoms with van der Waals surface area (Å²) < 4.78 is 2.03. The summed E-state index contributed by atoms with van der Waals surface area (Å²) >= 11 is 0. The van der Waals surface area contributed by atoms with Gasteiger partial charge in [0, 0.05) is 33.2 Å². The summed E-state index contributed by atoms with van der Waals surface area (Å²) in [6, 6.07) is 0. The first-order chi connectivity index (χ1) is 6.29. The zero-order valence-electron chi connectivity index (χ0n) is 8.93. The van der Waals surface area contributed by atoms with E-state index >= 15 is 0 Å². The van der Waals surface area contributed by atoms with Crippen molar-refractivity contribution >= 4 is 53.9 Å². The smallest absolute Gasteiger partial charge is 0.227 e. The lowest BCUT2D eigenvalue weighted by Crippen LogP contribution is -2.44. The fraction of sp³-hybridized carbons (Fsp3) is 0.750. The molecule has 1 N–H and O–H groups in total. The van der Waals surface area contributed by atoms with Gasteiger partial charge in [-0.05, 0) is 6.92 Å². The maximum Gasteiger partial charge on any atom is 0.227 e. The number of nitrogens with one attached hydrogen (secondary N) is 1. The largest absolute Gasteiger partial charge is 0.338 e. The van der Waals surface area contributed by atoms with Gasteiger partial charge in [0.2, 0.25) is 5.95 Å². The van der Waals surface area contributed by atoms with Crippen molar-refractivity contribution in [2.45, 2.75) is 6.92 Å². The van der Waals surface area contributed by atoms with Gasteiger partial charge in [-0.25, -0.2) is 0 Å². The van der Waals surface area contributed by atoms with Gasteiger partial charge >= 0.3 is 0 Å². The van der Waals surface area contributed by atoms with Crippen molar-refractivity contribution in [1.82, 2.24) is 20.1 Å². The number of aryl methyl sites for hydroxylation is 1. The Hall–Kier alpha value is 0.360. The quantitative estimate of drug-likeness (QED) is 0.660. The number of halogens is 2. The number of rotatable bonds is 1. The van der Waals surface area contributed by atoms with E-state index in [0.717, 1.165) is 38.0 Å². The second-order valence-corrected chi connectivity index (χ2v) is 3.34. The fourth-order valence-electron chi connectivity index (χ4n) is 1.54. The first-order valence-electron chi connectivity index (χ1n) is 4.60. The second kappa shape index (κ2) is 6.84. The van der Waals surface area contributed by atoms with Gasteiger partial charge in [0.05, 0.1) is 0 Å². The second-order valence-electron chi connectivity index (χ2n) is 3.34. The van der Waals surface area contributed by atoms with Crippen LogP contribution < -0.4 is 10.2 Å². The highest BCUT2D eigenvalue weighted by Gasteiger charge is 2.15. The molecule has 0 radical (unpaired) electrons. The van der Waals surface area contributed by atoms with Crippen LogP contribution in [0.2, 0.25) is 0 Å². The molecule has 1 aliphatic rings. The number of hydrogen-bond donors (Lipinski definition) is 1. The first kappa shape index (κ1) is 15.4. The minimum absolute atomic E-state index is 0. The van der Waals surface area contributed by atoms with Crippen molar-refractivity contribution < 1.29 is 0 Å². The highest BCUT2D eigenvalue weighted by Crippen LogP contribution is 2.10. The van der Waals surface area contributed by atoms with Gasteiger partial charge in [-0.1, -0.05) is 0 Å². The minimum Gasteiger partial charge on any atom is -0.338 e. The molecule has 0 spiro atoms. The summed E-state index contributed by atoms with van der Waals surface area (Å²) in [5.74, 6) is 1.95. The standard InChI is InChI=1S/C8H15N5.2HI/c1-7-10-11-8(12(7)2)13-5-3-9-4-6-13;;/h9H,3-6H2,1-2H3;2*1H. The number of aromatic nitrogens is 3. The first-order valence-corrected chi connectivity index (χ1v) is 4.60. The van der Waals surface area contributed by atoms with Gasteiger partial charge < -0.3 is 14.8 Å². The Labute approximate surface area is 124 Å². The van der Waals surface area contributed by atoms with Crippen LogP contribution in [0.1, 0.15) is 5.82 Å². The van der Waals surface area contributed by atoms with Gasteiger partial charge in [0.25, 0.3) is 0 Å². The van der Waals surface area contributed by atoms with Gasteiger partial charge in [-0.3, -0.25) is 0 Å². The molecule has 0 amide bonds. The molecule has 2 rings (SSSR count). The van der Waals surface area contributed by atoms with Crippen LogP contribution in [-0.2, 0) is 7.05 Å². The number of anilines is 1. The van der Waals surface area contributed by atoms with Gasteiger partial charge in [0.1, 0.15) is 5.82 Å². The molecule has 1 aliphatic heterocycles. The monoisotopic (exact) mass is 437 g/mol. The lowest BCUT2D eigenvalue weighted by molar-refractivity contribution is 0.572. The van der Waals surface area contributed by atoms with E-state index in [4.69, 9.17) is 0 Å². The third kappa shape index (κ3) is 3.41. The zero-order chi connectivity index (χ0) is 9.26. The van der Waals surface area contributed by atoms with E-state index in [1.54, 1.807) is 0 Å². The minimum atomic E-state index is 0.